The molecule has 1 aromatic heterocycles. The van der Waals surface area contributed by atoms with Crippen LogP contribution in [0, 0.1) is 5.92 Å². The summed E-state index contributed by atoms with van der Waals surface area (Å²) >= 11 is 0. The van der Waals surface area contributed by atoms with Gasteiger partial charge in [0.25, 0.3) is 0 Å². The quantitative estimate of drug-likeness (QED) is 0.191. The Morgan fingerprint density at radius 3 is 2.70 bits per heavy atom. The number of aromatic nitrogens is 3. The van der Waals surface area contributed by atoms with Crippen LogP contribution in [-0.2, 0) is 28.9 Å². The molecule has 0 radical (unpaired) electrons. The number of carbonyl (C=O) groups excluding carboxylic acids is 1. The molecule has 1 saturated heterocycles. The van der Waals surface area contributed by atoms with Gasteiger partial charge in [-0.25, -0.2) is 0 Å². The van der Waals surface area contributed by atoms with Gasteiger partial charge in [0.05, 0.1) is 12.5 Å². The highest BCUT2D eigenvalue weighted by molar-refractivity contribution is 14.0. The molecule has 1 fully saturated rings. The Bertz CT molecular complexity index is 685. The van der Waals surface area contributed by atoms with Crippen LogP contribution in [0.25, 0.3) is 0 Å². The third kappa shape index (κ3) is 6.81. The number of guanidine groups is 1. The van der Waals surface area contributed by atoms with Gasteiger partial charge in [0, 0.05) is 45.6 Å². The number of piperidine rings is 1. The summed E-state index contributed by atoms with van der Waals surface area (Å²) in [5.74, 6) is 3.19. The van der Waals surface area contributed by atoms with Crippen LogP contribution in [-0.4, -0.2) is 64.4 Å². The molecule has 30 heavy (non-hydrogen) atoms. The van der Waals surface area contributed by atoms with Crippen molar-refractivity contribution in [2.75, 3.05) is 32.8 Å². The fourth-order valence-electron chi connectivity index (χ4n) is 4.17. The van der Waals surface area contributed by atoms with Gasteiger partial charge in [-0.1, -0.05) is 6.42 Å². The van der Waals surface area contributed by atoms with Crippen molar-refractivity contribution in [1.82, 2.24) is 25.0 Å². The molecule has 0 unspecified atom stereocenters. The number of rotatable bonds is 7. The van der Waals surface area contributed by atoms with Crippen LogP contribution >= 0.6 is 24.0 Å². The van der Waals surface area contributed by atoms with E-state index in [2.05, 4.69) is 31.9 Å². The molecule has 9 heteroatoms. The molecule has 3 rings (SSSR count). The smallest absolute Gasteiger partial charge is 0.309 e. The Morgan fingerprint density at radius 2 is 1.97 bits per heavy atom. The van der Waals surface area contributed by atoms with Crippen molar-refractivity contribution in [3.05, 3.63) is 11.6 Å². The van der Waals surface area contributed by atoms with Crippen LogP contribution in [0.1, 0.15) is 64.0 Å². The lowest BCUT2D eigenvalue weighted by atomic mass is 9.97. The molecule has 0 aliphatic carbocycles. The van der Waals surface area contributed by atoms with Crippen LogP contribution in [0.4, 0.5) is 0 Å². The maximum Gasteiger partial charge on any atom is 0.309 e. The fourth-order valence-corrected chi connectivity index (χ4v) is 4.17. The Kier molecular flexibility index (Phi) is 10.9. The van der Waals surface area contributed by atoms with Crippen molar-refractivity contribution in [3.63, 3.8) is 0 Å². The zero-order valence-electron chi connectivity index (χ0n) is 18.4. The highest BCUT2D eigenvalue weighted by Crippen LogP contribution is 2.19. The molecule has 2 aliphatic heterocycles. The van der Waals surface area contributed by atoms with Gasteiger partial charge in [0.2, 0.25) is 0 Å². The van der Waals surface area contributed by atoms with Gasteiger partial charge in [-0.15, -0.1) is 34.2 Å². The van der Waals surface area contributed by atoms with E-state index in [9.17, 15) is 4.79 Å². The average Bonchev–Trinajstić information content (AvgIpc) is 2.96. The molecule has 0 saturated carbocycles. The van der Waals surface area contributed by atoms with Gasteiger partial charge in [0.15, 0.2) is 5.96 Å². The minimum atomic E-state index is -0.0541. The predicted molar refractivity (Wildman–Crippen MR) is 128 cm³/mol. The van der Waals surface area contributed by atoms with Crippen molar-refractivity contribution in [3.8, 4) is 0 Å². The minimum absolute atomic E-state index is 0. The normalized spacial score (nSPS) is 17.7. The second kappa shape index (κ2) is 13.1. The van der Waals surface area contributed by atoms with Crippen LogP contribution < -0.4 is 5.32 Å². The molecule has 0 atom stereocenters. The van der Waals surface area contributed by atoms with Gasteiger partial charge in [-0.05, 0) is 46.0 Å². The summed E-state index contributed by atoms with van der Waals surface area (Å²) in [5, 5.41) is 12.2. The van der Waals surface area contributed by atoms with E-state index < -0.39 is 0 Å². The second-order valence-electron chi connectivity index (χ2n) is 7.85. The van der Waals surface area contributed by atoms with Crippen molar-refractivity contribution in [2.45, 2.75) is 71.8 Å². The number of halogens is 1. The van der Waals surface area contributed by atoms with Crippen LogP contribution in [0.2, 0.25) is 0 Å². The number of esters is 1. The Morgan fingerprint density at radius 1 is 1.17 bits per heavy atom. The number of nitrogens with zero attached hydrogens (tertiary/aromatic N) is 5. The summed E-state index contributed by atoms with van der Waals surface area (Å²) in [5.41, 5.74) is 0. The van der Waals surface area contributed by atoms with E-state index in [4.69, 9.17) is 9.73 Å². The molecule has 2 aliphatic rings. The van der Waals surface area contributed by atoms with Crippen LogP contribution in [0.15, 0.2) is 4.99 Å². The number of fused-ring (bicyclic) bond motifs is 1. The zero-order valence-corrected chi connectivity index (χ0v) is 20.8. The molecular formula is C21H37IN6O2. The lowest BCUT2D eigenvalue weighted by Crippen LogP contribution is -2.46. The van der Waals surface area contributed by atoms with E-state index in [0.717, 1.165) is 82.4 Å². The molecule has 0 spiro atoms. The molecule has 1 aromatic rings. The van der Waals surface area contributed by atoms with E-state index in [1.54, 1.807) is 0 Å². The molecule has 3 heterocycles. The number of hydrogen-bond acceptors (Lipinski definition) is 5. The number of carbonyl (C=O) groups is 1. The Balaban J connectivity index is 0.00000320. The molecule has 8 nitrogen and oxygen atoms in total. The predicted octanol–water partition coefficient (Wildman–Crippen LogP) is 2.80. The first-order valence-electron chi connectivity index (χ1n) is 11.3. The number of aryl methyl sites for hydroxylation is 2. The highest BCUT2D eigenvalue weighted by Gasteiger charge is 2.27. The summed E-state index contributed by atoms with van der Waals surface area (Å²) in [6.45, 7) is 8.75. The Labute approximate surface area is 197 Å². The van der Waals surface area contributed by atoms with E-state index in [-0.39, 0.29) is 35.9 Å². The van der Waals surface area contributed by atoms with Crippen molar-refractivity contribution in [2.24, 2.45) is 10.9 Å². The lowest BCUT2D eigenvalue weighted by Gasteiger charge is -2.33. The number of nitrogens with one attached hydrogen (secondary N) is 1. The first-order chi connectivity index (χ1) is 14.2. The topological polar surface area (TPSA) is 84.6 Å². The number of likely N-dealkylation sites (tertiary alicyclic amines) is 1. The highest BCUT2D eigenvalue weighted by atomic mass is 127. The SMILES string of the molecule is CCNC(=NCCCc1nnc2n1CCCCC2)N1CCC(C(=O)OCC)CC1.I. The third-order valence-corrected chi connectivity index (χ3v) is 5.76. The van der Waals surface area contributed by atoms with E-state index in [1.165, 1.54) is 19.3 Å². The van der Waals surface area contributed by atoms with E-state index >= 15 is 0 Å². The Hall–Kier alpha value is -1.39. The number of ether oxygens (including phenoxy) is 1. The van der Waals surface area contributed by atoms with Crippen molar-refractivity contribution in [1.29, 1.82) is 0 Å². The summed E-state index contributed by atoms with van der Waals surface area (Å²) in [7, 11) is 0. The monoisotopic (exact) mass is 532 g/mol. The molecule has 1 N–H and O–H groups in total. The van der Waals surface area contributed by atoms with E-state index in [0.29, 0.717) is 6.61 Å². The summed E-state index contributed by atoms with van der Waals surface area (Å²) in [6, 6.07) is 0. The van der Waals surface area contributed by atoms with Gasteiger partial charge in [-0.2, -0.15) is 0 Å². The standard InChI is InChI=1S/C21H36N6O2.HI/c1-3-22-21(26-15-11-17(12-16-26)20(28)29-4-2)23-13-8-10-19-25-24-18-9-6-5-7-14-27(18)19;/h17H,3-16H2,1-2H3,(H,22,23);1H. The molecule has 0 amide bonds. The van der Waals surface area contributed by atoms with Gasteiger partial charge in [0.1, 0.15) is 11.6 Å². The fraction of sp³-hybridized carbons (Fsp3) is 0.810. The molecular weight excluding hydrogens is 495 g/mol. The maximum absolute atomic E-state index is 11.9. The lowest BCUT2D eigenvalue weighted by molar-refractivity contribution is -0.149. The second-order valence-corrected chi connectivity index (χ2v) is 7.85. The summed E-state index contributed by atoms with van der Waals surface area (Å²) in [4.78, 5) is 19.0. The van der Waals surface area contributed by atoms with Crippen LogP contribution in [0.5, 0.6) is 0 Å². The summed E-state index contributed by atoms with van der Waals surface area (Å²) < 4.78 is 7.49. The van der Waals surface area contributed by atoms with Gasteiger partial charge < -0.3 is 19.5 Å². The molecule has 170 valence electrons. The molecule has 0 aromatic carbocycles. The number of aliphatic imine (C=N–C) groups is 1. The minimum Gasteiger partial charge on any atom is -0.466 e. The van der Waals surface area contributed by atoms with Crippen LogP contribution in [0.3, 0.4) is 0 Å². The molecule has 0 bridgehead atoms. The average molecular weight is 532 g/mol. The van der Waals surface area contributed by atoms with Crippen molar-refractivity contribution < 1.29 is 9.53 Å². The van der Waals surface area contributed by atoms with Gasteiger partial charge in [-0.3, -0.25) is 9.79 Å². The first-order valence-corrected chi connectivity index (χ1v) is 11.3. The number of hydrogen-bond donors (Lipinski definition) is 1. The van der Waals surface area contributed by atoms with Gasteiger partial charge >= 0.3 is 5.97 Å². The largest absolute Gasteiger partial charge is 0.466 e. The third-order valence-electron chi connectivity index (χ3n) is 5.76. The van der Waals surface area contributed by atoms with Crippen molar-refractivity contribution >= 4 is 35.9 Å². The van der Waals surface area contributed by atoms with E-state index in [1.807, 2.05) is 6.92 Å². The maximum atomic E-state index is 11.9. The summed E-state index contributed by atoms with van der Waals surface area (Å²) in [6.07, 6.45) is 8.32. The first kappa shape index (κ1) is 24.9. The zero-order chi connectivity index (χ0) is 20.5.